The summed E-state index contributed by atoms with van der Waals surface area (Å²) in [6, 6.07) is 25.4. The van der Waals surface area contributed by atoms with Gasteiger partial charge in [-0.3, -0.25) is 4.79 Å². The summed E-state index contributed by atoms with van der Waals surface area (Å²) >= 11 is 6.32. The molecular formula is C31H35ClN4O. The molecule has 0 aliphatic carbocycles. The maximum atomic E-state index is 13.8. The number of aromatic nitrogens is 2. The van der Waals surface area contributed by atoms with Crippen LogP contribution in [-0.4, -0.2) is 33.4 Å². The minimum Gasteiger partial charge on any atom is -0.330 e. The van der Waals surface area contributed by atoms with E-state index in [0.29, 0.717) is 36.6 Å². The molecule has 1 atom stereocenters. The number of rotatable bonds is 10. The van der Waals surface area contributed by atoms with Crippen molar-refractivity contribution < 1.29 is 4.79 Å². The minimum atomic E-state index is -0.239. The van der Waals surface area contributed by atoms with E-state index in [9.17, 15) is 4.79 Å². The van der Waals surface area contributed by atoms with Crippen LogP contribution >= 0.6 is 11.6 Å². The number of hydrogen-bond acceptors (Lipinski definition) is 3. The van der Waals surface area contributed by atoms with Gasteiger partial charge in [-0.25, -0.2) is 4.98 Å². The van der Waals surface area contributed by atoms with Crippen molar-refractivity contribution in [2.45, 2.75) is 39.8 Å². The highest BCUT2D eigenvalue weighted by Gasteiger charge is 2.32. The van der Waals surface area contributed by atoms with Crippen LogP contribution in [0.3, 0.4) is 0 Å². The molecule has 3 aromatic carbocycles. The monoisotopic (exact) mass is 514 g/mol. The molecule has 2 N–H and O–H groups in total. The molecule has 1 unspecified atom stereocenters. The summed E-state index contributed by atoms with van der Waals surface area (Å²) in [6.07, 6.45) is 2.79. The van der Waals surface area contributed by atoms with Crippen LogP contribution in [0.2, 0.25) is 5.02 Å². The lowest BCUT2D eigenvalue weighted by Gasteiger charge is -2.34. The van der Waals surface area contributed by atoms with E-state index in [0.717, 1.165) is 17.1 Å². The first-order valence-electron chi connectivity index (χ1n) is 12.8. The lowest BCUT2D eigenvalue weighted by Crippen LogP contribution is -2.40. The molecule has 0 bridgehead atoms. The van der Waals surface area contributed by atoms with Crippen LogP contribution in [-0.2, 0) is 6.54 Å². The van der Waals surface area contributed by atoms with E-state index in [1.54, 1.807) is 0 Å². The van der Waals surface area contributed by atoms with Crippen molar-refractivity contribution in [1.29, 1.82) is 0 Å². The normalized spacial score (nSPS) is 12.1. The summed E-state index contributed by atoms with van der Waals surface area (Å²) in [6.45, 7) is 8.09. The fourth-order valence-electron chi connectivity index (χ4n) is 4.76. The van der Waals surface area contributed by atoms with Gasteiger partial charge in [0.2, 0.25) is 0 Å². The number of carbonyl (C=O) groups excluding carboxylic acids is 1. The fraction of sp³-hybridized carbons (Fsp3) is 0.290. The van der Waals surface area contributed by atoms with E-state index in [-0.39, 0.29) is 17.9 Å². The quantitative estimate of drug-likeness (QED) is 0.254. The lowest BCUT2D eigenvalue weighted by atomic mass is 9.99. The number of nitrogens with zero attached hydrogens (tertiary/aromatic N) is 3. The molecule has 1 amide bonds. The number of aryl methyl sites for hydroxylation is 1. The van der Waals surface area contributed by atoms with Crippen molar-refractivity contribution in [3.63, 3.8) is 0 Å². The van der Waals surface area contributed by atoms with Gasteiger partial charge in [-0.1, -0.05) is 85.6 Å². The first-order chi connectivity index (χ1) is 17.9. The van der Waals surface area contributed by atoms with Crippen LogP contribution in [0.25, 0.3) is 11.3 Å². The Kier molecular flexibility index (Phi) is 8.80. The molecule has 0 radical (unpaired) electrons. The number of halogens is 1. The highest BCUT2D eigenvalue weighted by molar-refractivity contribution is 6.30. The van der Waals surface area contributed by atoms with E-state index in [2.05, 4.69) is 55.8 Å². The third-order valence-electron chi connectivity index (χ3n) is 6.48. The van der Waals surface area contributed by atoms with Crippen LogP contribution in [0, 0.1) is 12.8 Å². The number of imidazole rings is 1. The maximum Gasteiger partial charge on any atom is 0.254 e. The summed E-state index contributed by atoms with van der Waals surface area (Å²) in [4.78, 5) is 20.9. The van der Waals surface area contributed by atoms with Gasteiger partial charge in [-0.05, 0) is 55.6 Å². The third-order valence-corrected chi connectivity index (χ3v) is 6.71. The molecule has 0 aliphatic rings. The summed E-state index contributed by atoms with van der Waals surface area (Å²) in [7, 11) is 0. The molecule has 4 rings (SSSR count). The molecule has 6 heteroatoms. The Bertz CT molecular complexity index is 1330. The molecule has 1 heterocycles. The maximum absolute atomic E-state index is 13.8. The van der Waals surface area contributed by atoms with Gasteiger partial charge in [-0.2, -0.15) is 0 Å². The van der Waals surface area contributed by atoms with Gasteiger partial charge in [0.05, 0.1) is 11.7 Å². The van der Waals surface area contributed by atoms with E-state index in [1.165, 1.54) is 11.1 Å². The van der Waals surface area contributed by atoms with Crippen molar-refractivity contribution in [3.05, 3.63) is 113 Å². The molecule has 0 spiro atoms. The van der Waals surface area contributed by atoms with Crippen LogP contribution < -0.4 is 5.73 Å². The van der Waals surface area contributed by atoms with Crippen LogP contribution in [0.5, 0.6) is 0 Å². The first-order valence-corrected chi connectivity index (χ1v) is 13.2. The van der Waals surface area contributed by atoms with Crippen LogP contribution in [0.4, 0.5) is 0 Å². The van der Waals surface area contributed by atoms with Crippen molar-refractivity contribution in [2.24, 2.45) is 11.7 Å². The van der Waals surface area contributed by atoms with Gasteiger partial charge in [0, 0.05) is 35.4 Å². The molecule has 0 fully saturated rings. The van der Waals surface area contributed by atoms with Gasteiger partial charge in [0.1, 0.15) is 5.82 Å². The highest BCUT2D eigenvalue weighted by Crippen LogP contribution is 2.33. The Morgan fingerprint density at radius 2 is 1.78 bits per heavy atom. The van der Waals surface area contributed by atoms with Crippen LogP contribution in [0.1, 0.15) is 53.6 Å². The van der Waals surface area contributed by atoms with Crippen molar-refractivity contribution >= 4 is 17.5 Å². The molecule has 0 saturated heterocycles. The van der Waals surface area contributed by atoms with Gasteiger partial charge >= 0.3 is 0 Å². The largest absolute Gasteiger partial charge is 0.330 e. The van der Waals surface area contributed by atoms with E-state index < -0.39 is 0 Å². The van der Waals surface area contributed by atoms with Crippen LogP contribution in [0.15, 0.2) is 85.1 Å². The Morgan fingerprint density at radius 1 is 1.03 bits per heavy atom. The van der Waals surface area contributed by atoms with Crippen molar-refractivity contribution in [1.82, 2.24) is 14.5 Å². The van der Waals surface area contributed by atoms with Gasteiger partial charge in [-0.15, -0.1) is 0 Å². The molecule has 37 heavy (non-hydrogen) atoms. The van der Waals surface area contributed by atoms with Gasteiger partial charge < -0.3 is 15.2 Å². The fourth-order valence-corrected chi connectivity index (χ4v) is 4.95. The summed E-state index contributed by atoms with van der Waals surface area (Å²) in [5.74, 6) is 0.964. The second-order valence-electron chi connectivity index (χ2n) is 9.81. The Labute approximate surface area is 224 Å². The standard InChI is InChI=1S/C31H35ClN4O/c1-22(2)29(36(17-9-16-33)31(37)25-12-5-4-6-13-25)30-34-28(26-14-8-15-27(32)19-26)21-35(30)20-24-11-7-10-23(3)18-24/h4-8,10-15,18-19,21-22,29H,9,16-17,20,33H2,1-3H3. The zero-order valence-electron chi connectivity index (χ0n) is 21.8. The zero-order valence-corrected chi connectivity index (χ0v) is 22.5. The van der Waals surface area contributed by atoms with Gasteiger partial charge in [0.15, 0.2) is 0 Å². The van der Waals surface area contributed by atoms with Crippen molar-refractivity contribution in [3.8, 4) is 11.3 Å². The SMILES string of the molecule is Cc1cccc(Cn2cc(-c3cccc(Cl)c3)nc2C(C(C)C)N(CCCN)C(=O)c2ccccc2)c1. The smallest absolute Gasteiger partial charge is 0.254 e. The Morgan fingerprint density at radius 3 is 2.46 bits per heavy atom. The summed E-state index contributed by atoms with van der Waals surface area (Å²) in [5, 5.41) is 0.663. The van der Waals surface area contributed by atoms with Gasteiger partial charge in [0.25, 0.3) is 5.91 Å². The number of hydrogen-bond donors (Lipinski definition) is 1. The average Bonchev–Trinajstić information content (AvgIpc) is 3.29. The topological polar surface area (TPSA) is 64.2 Å². The first kappa shape index (κ1) is 26.6. The number of benzene rings is 3. The van der Waals surface area contributed by atoms with Crippen molar-refractivity contribution in [2.75, 3.05) is 13.1 Å². The molecule has 192 valence electrons. The predicted molar refractivity (Wildman–Crippen MR) is 152 cm³/mol. The highest BCUT2D eigenvalue weighted by atomic mass is 35.5. The molecule has 4 aromatic rings. The number of carbonyl (C=O) groups is 1. The number of nitrogens with two attached hydrogens (primary N) is 1. The molecule has 1 aromatic heterocycles. The predicted octanol–water partition coefficient (Wildman–Crippen LogP) is 6.75. The third kappa shape index (κ3) is 6.48. The second kappa shape index (κ2) is 12.2. The van der Waals surface area contributed by atoms with E-state index in [4.69, 9.17) is 22.3 Å². The van der Waals surface area contributed by atoms with E-state index >= 15 is 0 Å². The number of amides is 1. The minimum absolute atomic E-state index is 0.0119. The molecule has 0 aliphatic heterocycles. The summed E-state index contributed by atoms with van der Waals surface area (Å²) in [5.41, 5.74) is 10.7. The summed E-state index contributed by atoms with van der Waals surface area (Å²) < 4.78 is 2.18. The lowest BCUT2D eigenvalue weighted by molar-refractivity contribution is 0.0604. The second-order valence-corrected chi connectivity index (χ2v) is 10.2. The molecular weight excluding hydrogens is 480 g/mol. The Balaban J connectivity index is 1.84. The zero-order chi connectivity index (χ0) is 26.4. The Hall–Kier alpha value is -3.41. The van der Waals surface area contributed by atoms with E-state index in [1.807, 2.05) is 59.5 Å². The molecule has 0 saturated carbocycles. The average molecular weight is 515 g/mol. The molecule has 5 nitrogen and oxygen atoms in total.